The number of anilines is 2. The van der Waals surface area contributed by atoms with Crippen molar-refractivity contribution in [1.29, 1.82) is 0 Å². The molecule has 0 aliphatic rings. The van der Waals surface area contributed by atoms with Gasteiger partial charge in [0, 0.05) is 24.7 Å². The van der Waals surface area contributed by atoms with Crippen molar-refractivity contribution in [2.75, 3.05) is 17.3 Å². The molecule has 112 valence electrons. The summed E-state index contributed by atoms with van der Waals surface area (Å²) in [6.45, 7) is 2.55. The van der Waals surface area contributed by atoms with E-state index < -0.39 is 9.84 Å². The molecule has 0 bridgehead atoms. The maximum atomic E-state index is 12.2. The van der Waals surface area contributed by atoms with Gasteiger partial charge in [-0.05, 0) is 37.3 Å². The Balaban J connectivity index is 2.20. The van der Waals surface area contributed by atoms with E-state index in [9.17, 15) is 13.2 Å². The molecular weight excluding hydrogens is 290 g/mol. The van der Waals surface area contributed by atoms with E-state index in [4.69, 9.17) is 5.73 Å². The average molecular weight is 307 g/mol. The highest BCUT2D eigenvalue weighted by Gasteiger charge is 2.13. The number of hydrogen-bond acceptors (Lipinski definition) is 4. The molecule has 0 saturated carbocycles. The van der Waals surface area contributed by atoms with Crippen LogP contribution in [0.25, 0.3) is 0 Å². The highest BCUT2D eigenvalue weighted by Crippen LogP contribution is 2.16. The molecule has 0 radical (unpaired) electrons. The van der Waals surface area contributed by atoms with Crippen LogP contribution >= 0.6 is 0 Å². The van der Waals surface area contributed by atoms with Crippen LogP contribution in [0, 0.1) is 0 Å². The summed E-state index contributed by atoms with van der Waals surface area (Å²) in [5.74, 6) is -0.291. The number of benzene rings is 1. The Labute approximate surface area is 123 Å². The predicted octanol–water partition coefficient (Wildman–Crippen LogP) is 1.75. The van der Waals surface area contributed by atoms with Crippen LogP contribution in [-0.2, 0) is 16.4 Å². The van der Waals surface area contributed by atoms with Crippen molar-refractivity contribution in [3.8, 4) is 0 Å². The molecule has 1 amide bonds. The Kier molecular flexibility index (Phi) is 4.04. The number of hydrogen-bond donors (Lipinski definition) is 2. The maximum absolute atomic E-state index is 12.2. The van der Waals surface area contributed by atoms with Crippen LogP contribution in [0.5, 0.6) is 0 Å². The molecular formula is C14H17N3O3S. The van der Waals surface area contributed by atoms with E-state index in [-0.39, 0.29) is 10.8 Å². The molecule has 7 heteroatoms. The number of sulfone groups is 1. The predicted molar refractivity (Wildman–Crippen MR) is 82.0 cm³/mol. The van der Waals surface area contributed by atoms with Crippen molar-refractivity contribution in [3.05, 3.63) is 42.2 Å². The van der Waals surface area contributed by atoms with Crippen molar-refractivity contribution in [2.45, 2.75) is 18.4 Å². The quantitative estimate of drug-likeness (QED) is 0.899. The minimum absolute atomic E-state index is 0.210. The highest BCUT2D eigenvalue weighted by atomic mass is 32.2. The van der Waals surface area contributed by atoms with Crippen molar-refractivity contribution < 1.29 is 13.2 Å². The van der Waals surface area contributed by atoms with E-state index in [0.717, 1.165) is 6.26 Å². The van der Waals surface area contributed by atoms with E-state index in [2.05, 4.69) is 5.32 Å². The monoisotopic (exact) mass is 307 g/mol. The Morgan fingerprint density at radius 1 is 1.29 bits per heavy atom. The smallest absolute Gasteiger partial charge is 0.272 e. The zero-order chi connectivity index (χ0) is 15.6. The summed E-state index contributed by atoms with van der Waals surface area (Å²) < 4.78 is 24.5. The zero-order valence-corrected chi connectivity index (χ0v) is 12.6. The molecule has 0 spiro atoms. The summed E-state index contributed by atoms with van der Waals surface area (Å²) in [5, 5.41) is 2.71. The van der Waals surface area contributed by atoms with Crippen molar-refractivity contribution in [2.24, 2.45) is 0 Å². The minimum Gasteiger partial charge on any atom is -0.397 e. The molecule has 0 saturated heterocycles. The van der Waals surface area contributed by atoms with Crippen LogP contribution in [0.3, 0.4) is 0 Å². The molecule has 2 rings (SSSR count). The maximum Gasteiger partial charge on any atom is 0.272 e. The second-order valence-corrected chi connectivity index (χ2v) is 6.71. The summed E-state index contributed by atoms with van der Waals surface area (Å²) in [7, 11) is -3.24. The number of rotatable bonds is 4. The van der Waals surface area contributed by atoms with Crippen LogP contribution in [0.1, 0.15) is 17.4 Å². The van der Waals surface area contributed by atoms with E-state index >= 15 is 0 Å². The third-order valence-corrected chi connectivity index (χ3v) is 4.16. The minimum atomic E-state index is -3.24. The van der Waals surface area contributed by atoms with Gasteiger partial charge < -0.3 is 15.6 Å². The van der Waals surface area contributed by atoms with Gasteiger partial charge in [-0.2, -0.15) is 0 Å². The summed E-state index contributed by atoms with van der Waals surface area (Å²) >= 11 is 0. The van der Waals surface area contributed by atoms with Gasteiger partial charge in [0.25, 0.3) is 5.91 Å². The summed E-state index contributed by atoms with van der Waals surface area (Å²) in [4.78, 5) is 12.4. The van der Waals surface area contributed by atoms with Crippen molar-refractivity contribution >= 4 is 27.1 Å². The fraction of sp³-hybridized carbons (Fsp3) is 0.214. The molecule has 1 heterocycles. The van der Waals surface area contributed by atoms with E-state index in [0.29, 0.717) is 23.6 Å². The highest BCUT2D eigenvalue weighted by molar-refractivity contribution is 7.90. The number of carbonyl (C=O) groups is 1. The summed E-state index contributed by atoms with van der Waals surface area (Å²) in [5.41, 5.74) is 7.19. The van der Waals surface area contributed by atoms with E-state index in [1.54, 1.807) is 29.0 Å². The molecule has 6 nitrogen and oxygen atoms in total. The first-order valence-electron chi connectivity index (χ1n) is 6.38. The van der Waals surface area contributed by atoms with Gasteiger partial charge in [-0.15, -0.1) is 0 Å². The van der Waals surface area contributed by atoms with E-state index in [1.165, 1.54) is 12.1 Å². The second-order valence-electron chi connectivity index (χ2n) is 4.70. The van der Waals surface area contributed by atoms with Crippen LogP contribution in [0.2, 0.25) is 0 Å². The molecule has 21 heavy (non-hydrogen) atoms. The number of aryl methyl sites for hydroxylation is 1. The standard InChI is InChI=1S/C14H17N3O3S/c1-3-17-9-10(15)8-13(17)14(18)16-11-4-6-12(7-5-11)21(2,19)20/h4-9H,3,15H2,1-2H3,(H,16,18). The van der Waals surface area contributed by atoms with Gasteiger partial charge in [-0.3, -0.25) is 4.79 Å². The van der Waals surface area contributed by atoms with Gasteiger partial charge in [0.15, 0.2) is 9.84 Å². The molecule has 3 N–H and O–H groups in total. The number of nitrogens with zero attached hydrogens (tertiary/aromatic N) is 1. The first-order valence-corrected chi connectivity index (χ1v) is 8.27. The average Bonchev–Trinajstić information content (AvgIpc) is 2.79. The Morgan fingerprint density at radius 3 is 2.43 bits per heavy atom. The van der Waals surface area contributed by atoms with Crippen molar-refractivity contribution in [3.63, 3.8) is 0 Å². The number of aromatic nitrogens is 1. The lowest BCUT2D eigenvalue weighted by molar-refractivity contribution is 0.101. The molecule has 1 aromatic carbocycles. The number of nitrogens with two attached hydrogens (primary N) is 1. The van der Waals surface area contributed by atoms with Gasteiger partial charge >= 0.3 is 0 Å². The van der Waals surface area contributed by atoms with Crippen molar-refractivity contribution in [1.82, 2.24) is 4.57 Å². The number of carbonyl (C=O) groups excluding carboxylic acids is 1. The Hall–Kier alpha value is -2.28. The fourth-order valence-corrected chi connectivity index (χ4v) is 2.60. The molecule has 0 unspecified atom stereocenters. The third-order valence-electron chi connectivity index (χ3n) is 3.03. The summed E-state index contributed by atoms with van der Waals surface area (Å²) in [6, 6.07) is 7.62. The van der Waals surface area contributed by atoms with Gasteiger partial charge in [-0.1, -0.05) is 0 Å². The number of nitrogens with one attached hydrogen (secondary N) is 1. The van der Waals surface area contributed by atoms with Crippen LogP contribution in [0.4, 0.5) is 11.4 Å². The van der Waals surface area contributed by atoms with Crippen LogP contribution < -0.4 is 11.1 Å². The second kappa shape index (κ2) is 5.61. The SMILES string of the molecule is CCn1cc(N)cc1C(=O)Nc1ccc(S(C)(=O)=O)cc1. The zero-order valence-electron chi connectivity index (χ0n) is 11.8. The molecule has 0 fully saturated rings. The molecule has 0 aliphatic heterocycles. The van der Waals surface area contributed by atoms with Crippen LogP contribution in [-0.4, -0.2) is 25.1 Å². The van der Waals surface area contributed by atoms with Gasteiger partial charge in [0.1, 0.15) is 5.69 Å². The molecule has 2 aromatic rings. The molecule has 0 atom stereocenters. The number of amides is 1. The first kappa shape index (κ1) is 15.1. The fourth-order valence-electron chi connectivity index (χ4n) is 1.97. The lowest BCUT2D eigenvalue weighted by atomic mass is 10.3. The largest absolute Gasteiger partial charge is 0.397 e. The number of nitrogen functional groups attached to an aromatic ring is 1. The Morgan fingerprint density at radius 2 is 1.90 bits per heavy atom. The van der Waals surface area contributed by atoms with Gasteiger partial charge in [0.05, 0.1) is 10.6 Å². The van der Waals surface area contributed by atoms with Gasteiger partial charge in [0.2, 0.25) is 0 Å². The van der Waals surface area contributed by atoms with E-state index in [1.807, 2.05) is 6.92 Å². The Bertz CT molecular complexity index is 761. The lowest BCUT2D eigenvalue weighted by Crippen LogP contribution is -2.16. The summed E-state index contributed by atoms with van der Waals surface area (Å²) in [6.07, 6.45) is 2.83. The first-order chi connectivity index (χ1) is 9.81. The lowest BCUT2D eigenvalue weighted by Gasteiger charge is -2.08. The topological polar surface area (TPSA) is 94.2 Å². The van der Waals surface area contributed by atoms with Crippen LogP contribution in [0.15, 0.2) is 41.4 Å². The molecule has 0 aliphatic carbocycles. The normalized spacial score (nSPS) is 11.3. The third kappa shape index (κ3) is 3.43. The molecule has 1 aromatic heterocycles. The van der Waals surface area contributed by atoms with Gasteiger partial charge in [-0.25, -0.2) is 8.42 Å².